The van der Waals surface area contributed by atoms with Crippen molar-refractivity contribution in [1.82, 2.24) is 4.98 Å². The topological polar surface area (TPSA) is 71.5 Å². The van der Waals surface area contributed by atoms with E-state index in [4.69, 9.17) is 16.7 Å². The second-order valence-electron chi connectivity index (χ2n) is 3.43. The summed E-state index contributed by atoms with van der Waals surface area (Å²) in [6, 6.07) is 2.75. The Kier molecular flexibility index (Phi) is 5.37. The summed E-state index contributed by atoms with van der Waals surface area (Å²) in [6.45, 7) is -1.46. The highest BCUT2D eigenvalue weighted by molar-refractivity contribution is 6.33. The molecule has 9 heteroatoms. The third-order valence-electron chi connectivity index (χ3n) is 1.87. The number of rotatable bonds is 6. The monoisotopic (exact) mass is 298 g/mol. The molecule has 1 aromatic rings. The van der Waals surface area contributed by atoms with Crippen molar-refractivity contribution in [2.75, 3.05) is 25.1 Å². The molecule has 1 rings (SSSR count). The predicted octanol–water partition coefficient (Wildman–Crippen LogP) is 2.42. The van der Waals surface area contributed by atoms with Gasteiger partial charge in [0.25, 0.3) is 0 Å². The van der Waals surface area contributed by atoms with E-state index in [2.05, 4.69) is 15.0 Å². The zero-order valence-electron chi connectivity index (χ0n) is 9.50. The van der Waals surface area contributed by atoms with Gasteiger partial charge in [-0.3, -0.25) is 0 Å². The van der Waals surface area contributed by atoms with E-state index in [0.717, 1.165) is 0 Å². The molecule has 0 fully saturated rings. The summed E-state index contributed by atoms with van der Waals surface area (Å²) < 4.78 is 39.6. The van der Waals surface area contributed by atoms with Crippen LogP contribution in [-0.2, 0) is 4.74 Å². The Hall–Kier alpha value is -1.54. The highest BCUT2D eigenvalue weighted by Crippen LogP contribution is 2.17. The number of carboxylic acid groups (broad SMARTS) is 1. The number of nitrogens with one attached hydrogen (secondary N) is 1. The fraction of sp³-hybridized carbons (Fsp3) is 0.400. The molecule has 19 heavy (non-hydrogen) atoms. The molecule has 0 atom stereocenters. The molecule has 0 spiro atoms. The van der Waals surface area contributed by atoms with Crippen molar-refractivity contribution in [3.8, 4) is 0 Å². The normalized spacial score (nSPS) is 11.4. The average Bonchev–Trinajstić information content (AvgIpc) is 2.29. The molecule has 0 saturated heterocycles. The number of alkyl halides is 3. The number of nitrogens with zero attached hydrogens (tertiary/aromatic N) is 1. The maximum absolute atomic E-state index is 11.8. The van der Waals surface area contributed by atoms with Gasteiger partial charge in [-0.2, -0.15) is 13.2 Å². The van der Waals surface area contributed by atoms with Crippen LogP contribution in [0.1, 0.15) is 10.5 Å². The second kappa shape index (κ2) is 6.58. The minimum absolute atomic E-state index is 0.0219. The fourth-order valence-electron chi connectivity index (χ4n) is 1.13. The smallest absolute Gasteiger partial charge is 0.411 e. The standard InChI is InChI=1S/C10H10ClF3N2O3/c11-6-1-2-7(16-8(6)9(17)18)15-3-4-19-5-10(12,13)14/h1-2H,3-5H2,(H,15,16)(H,17,18). The second-order valence-corrected chi connectivity index (χ2v) is 3.83. The van der Waals surface area contributed by atoms with Gasteiger partial charge in [0.05, 0.1) is 11.6 Å². The molecular formula is C10H10ClF3N2O3. The SMILES string of the molecule is O=C(O)c1nc(NCCOCC(F)(F)F)ccc1Cl. The van der Waals surface area contributed by atoms with E-state index in [1.807, 2.05) is 0 Å². The van der Waals surface area contributed by atoms with Crippen LogP contribution < -0.4 is 5.32 Å². The number of hydrogen-bond acceptors (Lipinski definition) is 4. The number of carbonyl (C=O) groups is 1. The van der Waals surface area contributed by atoms with Gasteiger partial charge in [-0.05, 0) is 12.1 Å². The summed E-state index contributed by atoms with van der Waals surface area (Å²) in [7, 11) is 0. The first-order valence-corrected chi connectivity index (χ1v) is 5.45. The zero-order valence-corrected chi connectivity index (χ0v) is 10.3. The van der Waals surface area contributed by atoms with E-state index in [1.165, 1.54) is 12.1 Å². The lowest BCUT2D eigenvalue weighted by Crippen LogP contribution is -2.20. The molecule has 5 nitrogen and oxygen atoms in total. The molecule has 1 heterocycles. The molecule has 0 aliphatic heterocycles. The first-order chi connectivity index (χ1) is 8.79. The van der Waals surface area contributed by atoms with Gasteiger partial charge >= 0.3 is 12.1 Å². The molecular weight excluding hydrogens is 289 g/mol. The molecule has 106 valence electrons. The van der Waals surface area contributed by atoms with Crippen LogP contribution in [0.2, 0.25) is 5.02 Å². The minimum atomic E-state index is -4.37. The Labute approximate surface area is 111 Å². The van der Waals surface area contributed by atoms with Gasteiger partial charge in [0.1, 0.15) is 12.4 Å². The predicted molar refractivity (Wildman–Crippen MR) is 61.6 cm³/mol. The van der Waals surface area contributed by atoms with Gasteiger partial charge in [0, 0.05) is 6.54 Å². The van der Waals surface area contributed by atoms with Crippen LogP contribution >= 0.6 is 11.6 Å². The van der Waals surface area contributed by atoms with Crippen molar-refractivity contribution in [3.63, 3.8) is 0 Å². The van der Waals surface area contributed by atoms with E-state index >= 15 is 0 Å². The lowest BCUT2D eigenvalue weighted by atomic mass is 10.3. The Bertz CT molecular complexity index is 454. The summed E-state index contributed by atoms with van der Waals surface area (Å²) in [4.78, 5) is 14.4. The number of halogens is 4. The van der Waals surface area contributed by atoms with Crippen LogP contribution in [0.25, 0.3) is 0 Å². The van der Waals surface area contributed by atoms with Crippen LogP contribution in [0.15, 0.2) is 12.1 Å². The van der Waals surface area contributed by atoms with E-state index < -0.39 is 18.8 Å². The van der Waals surface area contributed by atoms with Gasteiger partial charge in [-0.15, -0.1) is 0 Å². The molecule has 0 unspecified atom stereocenters. The Morgan fingerprint density at radius 3 is 2.74 bits per heavy atom. The molecule has 0 saturated carbocycles. The number of ether oxygens (including phenoxy) is 1. The number of pyridine rings is 1. The lowest BCUT2D eigenvalue weighted by molar-refractivity contribution is -0.172. The Balaban J connectivity index is 2.42. The van der Waals surface area contributed by atoms with Crippen molar-refractivity contribution in [2.45, 2.75) is 6.18 Å². The van der Waals surface area contributed by atoms with Crippen molar-refractivity contribution in [1.29, 1.82) is 0 Å². The first kappa shape index (κ1) is 15.5. The fourth-order valence-corrected chi connectivity index (χ4v) is 1.32. The van der Waals surface area contributed by atoms with Gasteiger partial charge in [-0.25, -0.2) is 9.78 Å². The first-order valence-electron chi connectivity index (χ1n) is 5.08. The average molecular weight is 299 g/mol. The number of aromatic nitrogens is 1. The highest BCUT2D eigenvalue weighted by Gasteiger charge is 2.27. The third kappa shape index (κ3) is 5.75. The molecule has 0 amide bonds. The highest BCUT2D eigenvalue weighted by atomic mass is 35.5. The molecule has 0 aromatic carbocycles. The maximum Gasteiger partial charge on any atom is 0.411 e. The number of carboxylic acids is 1. The van der Waals surface area contributed by atoms with Crippen LogP contribution in [0.4, 0.5) is 19.0 Å². The van der Waals surface area contributed by atoms with Gasteiger partial charge in [0.2, 0.25) is 0 Å². The van der Waals surface area contributed by atoms with Crippen LogP contribution in [0.5, 0.6) is 0 Å². The van der Waals surface area contributed by atoms with Crippen LogP contribution in [0.3, 0.4) is 0 Å². The van der Waals surface area contributed by atoms with Gasteiger partial charge in [0.15, 0.2) is 5.69 Å². The Morgan fingerprint density at radius 2 is 2.16 bits per heavy atom. The summed E-state index contributed by atoms with van der Waals surface area (Å²) in [5.74, 6) is -1.10. The van der Waals surface area contributed by atoms with Crippen molar-refractivity contribution in [2.24, 2.45) is 0 Å². The van der Waals surface area contributed by atoms with E-state index in [1.54, 1.807) is 0 Å². The van der Waals surface area contributed by atoms with Crippen LogP contribution in [-0.4, -0.2) is 42.0 Å². The molecule has 0 bridgehead atoms. The molecule has 0 aliphatic carbocycles. The number of hydrogen-bond donors (Lipinski definition) is 2. The third-order valence-corrected chi connectivity index (χ3v) is 2.17. The van der Waals surface area contributed by atoms with Crippen molar-refractivity contribution < 1.29 is 27.8 Å². The van der Waals surface area contributed by atoms with E-state index in [9.17, 15) is 18.0 Å². The molecule has 0 radical (unpaired) electrons. The minimum Gasteiger partial charge on any atom is -0.476 e. The van der Waals surface area contributed by atoms with Crippen molar-refractivity contribution >= 4 is 23.4 Å². The quantitative estimate of drug-likeness (QED) is 0.789. The summed E-state index contributed by atoms with van der Waals surface area (Å²) in [5.41, 5.74) is -0.331. The van der Waals surface area contributed by atoms with E-state index in [-0.39, 0.29) is 29.7 Å². The lowest BCUT2D eigenvalue weighted by Gasteiger charge is -2.09. The van der Waals surface area contributed by atoms with Crippen LogP contribution in [0, 0.1) is 0 Å². The number of aromatic carboxylic acids is 1. The summed E-state index contributed by atoms with van der Waals surface area (Å²) in [6.07, 6.45) is -4.37. The molecule has 0 aliphatic rings. The summed E-state index contributed by atoms with van der Waals surface area (Å²) >= 11 is 5.60. The Morgan fingerprint density at radius 1 is 1.47 bits per heavy atom. The summed E-state index contributed by atoms with van der Waals surface area (Å²) in [5, 5.41) is 11.4. The van der Waals surface area contributed by atoms with E-state index in [0.29, 0.717) is 0 Å². The molecule has 2 N–H and O–H groups in total. The zero-order chi connectivity index (χ0) is 14.5. The van der Waals surface area contributed by atoms with Crippen molar-refractivity contribution in [3.05, 3.63) is 22.8 Å². The van der Waals surface area contributed by atoms with Gasteiger partial charge in [-0.1, -0.05) is 11.6 Å². The maximum atomic E-state index is 11.8. The van der Waals surface area contributed by atoms with Gasteiger partial charge < -0.3 is 15.2 Å². The molecule has 1 aromatic heterocycles. The largest absolute Gasteiger partial charge is 0.476 e. The number of anilines is 1.